The number of allylic oxidation sites excluding steroid dienone is 2. The van der Waals surface area contributed by atoms with Gasteiger partial charge in [-0.15, -0.1) is 24.8 Å². The minimum Gasteiger partial charge on any atom is -0.147 e. The first kappa shape index (κ1) is 25.9. The molecule has 0 aliphatic heterocycles. The second-order valence-electron chi connectivity index (χ2n) is 10.1. The van der Waals surface area contributed by atoms with Gasteiger partial charge in [-0.25, -0.2) is 0 Å². The van der Waals surface area contributed by atoms with E-state index in [1.807, 2.05) is 0 Å². The summed E-state index contributed by atoms with van der Waals surface area (Å²) in [5.74, 6) is 0.621. The molecule has 0 spiro atoms. The molecule has 0 radical (unpaired) electrons. The van der Waals surface area contributed by atoms with Crippen molar-refractivity contribution in [2.45, 2.75) is 55.0 Å². The van der Waals surface area contributed by atoms with Crippen LogP contribution in [-0.2, 0) is 17.4 Å². The van der Waals surface area contributed by atoms with E-state index in [2.05, 4.69) is 95.9 Å². The monoisotopic (exact) mass is 536 g/mol. The predicted octanol–water partition coefficient (Wildman–Crippen LogP) is 8.11. The molecule has 162 valence electrons. The molecule has 30 heavy (non-hydrogen) atoms. The maximum atomic E-state index is 2.75. The van der Waals surface area contributed by atoms with Crippen molar-refractivity contribution in [3.63, 3.8) is 0 Å². The molecule has 2 aromatic carbocycles. The molecule has 2 aromatic rings. The molecular formula is C26H36Cl2SiZr. The molecule has 3 atom stereocenters. The number of fused-ring (bicyclic) bond motifs is 2. The van der Waals surface area contributed by atoms with Crippen LogP contribution in [0.3, 0.4) is 0 Å². The molecule has 0 saturated carbocycles. The summed E-state index contributed by atoms with van der Waals surface area (Å²) in [5, 5.41) is 0. The zero-order chi connectivity index (χ0) is 19.8. The minimum absolute atomic E-state index is 0. The van der Waals surface area contributed by atoms with Crippen LogP contribution < -0.4 is 0 Å². The van der Waals surface area contributed by atoms with Gasteiger partial charge in [0.25, 0.3) is 0 Å². The zero-order valence-corrected chi connectivity index (χ0v) is 24.0. The molecule has 0 fully saturated rings. The van der Waals surface area contributed by atoms with Crippen molar-refractivity contribution < 1.29 is 17.4 Å². The number of hydrogen-bond donors (Lipinski definition) is 0. The molecule has 0 N–H and O–H groups in total. The van der Waals surface area contributed by atoms with Gasteiger partial charge in [0.05, 0.1) is 0 Å². The first-order valence-electron chi connectivity index (χ1n) is 11.0. The van der Waals surface area contributed by atoms with Gasteiger partial charge in [-0.2, -0.15) is 0 Å². The fourth-order valence-corrected chi connectivity index (χ4v) is 22.2. The molecule has 4 heteroatoms. The summed E-state index contributed by atoms with van der Waals surface area (Å²) < 4.78 is 7.11. The van der Waals surface area contributed by atoms with E-state index in [1.165, 1.54) is 36.8 Å². The maximum Gasteiger partial charge on any atom is -0.147 e. The summed E-state index contributed by atoms with van der Waals surface area (Å²) in [6.07, 6.45) is 15.1. The van der Waals surface area contributed by atoms with E-state index in [-0.39, 0.29) is 24.8 Å². The standard InChI is InChI=1S/C15H19.C9H7.2CH3.2ClH.H2Si.Zr/c1-2-3-4-5-8-13-11-12-14-9-6-7-10-15(13)14;1-2-5-9-7-3-6-8(9)4-1;;;;;;/h4,6-7,9-13H,2-3,5,8H2,1H3;1-7H;2*1H3;2*1H;1H2;. The molecule has 3 unspecified atom stereocenters. The Hall–Kier alpha value is -0.400. The summed E-state index contributed by atoms with van der Waals surface area (Å²) in [6, 6.07) is 18.1. The molecule has 2 aliphatic rings. The van der Waals surface area contributed by atoms with Gasteiger partial charge >= 0.3 is 174 Å². The van der Waals surface area contributed by atoms with Crippen molar-refractivity contribution in [3.05, 3.63) is 82.9 Å². The van der Waals surface area contributed by atoms with E-state index in [4.69, 9.17) is 0 Å². The van der Waals surface area contributed by atoms with E-state index in [0.717, 1.165) is 3.63 Å². The van der Waals surface area contributed by atoms with Gasteiger partial charge < -0.3 is 0 Å². The SMILES string of the molecule is CCC[CH](CCC1C=Cc2ccccc21)[Zr]([CH3])([CH3])(=[SiH2])[CH]1C=Cc2ccccc21.Cl.Cl. The molecule has 0 heterocycles. The fourth-order valence-electron chi connectivity index (χ4n) is 5.73. The smallest absolute Gasteiger partial charge is 0.147 e. The summed E-state index contributed by atoms with van der Waals surface area (Å²) in [7, 11) is 0. The number of rotatable bonds is 7. The second-order valence-corrected chi connectivity index (χ2v) is 41.2. The Labute approximate surface area is 197 Å². The Morgan fingerprint density at radius 1 is 0.833 bits per heavy atom. The maximum absolute atomic E-state index is 2.97. The van der Waals surface area contributed by atoms with Gasteiger partial charge in [0, 0.05) is 0 Å². The zero-order valence-electron chi connectivity index (χ0n) is 18.5. The van der Waals surface area contributed by atoms with Crippen LogP contribution in [0.2, 0.25) is 12.9 Å². The number of halogens is 2. The van der Waals surface area contributed by atoms with Crippen LogP contribution in [-0.4, -0.2) is 6.88 Å². The quantitative estimate of drug-likeness (QED) is 0.312. The Morgan fingerprint density at radius 3 is 2.07 bits per heavy atom. The van der Waals surface area contributed by atoms with Gasteiger partial charge in [-0.05, 0) is 0 Å². The molecule has 0 saturated heterocycles. The Bertz CT molecular complexity index is 1000. The van der Waals surface area contributed by atoms with Crippen molar-refractivity contribution in [2.75, 3.05) is 0 Å². The van der Waals surface area contributed by atoms with E-state index in [0.29, 0.717) is 9.54 Å². The molecule has 2 aliphatic carbocycles. The minimum atomic E-state index is -2.97. The molecule has 0 aromatic heterocycles. The summed E-state index contributed by atoms with van der Waals surface area (Å²) in [6.45, 7) is 4.85. The predicted molar refractivity (Wildman–Crippen MR) is 139 cm³/mol. The van der Waals surface area contributed by atoms with Gasteiger partial charge in [0.15, 0.2) is 0 Å². The first-order chi connectivity index (χ1) is 13.4. The van der Waals surface area contributed by atoms with Gasteiger partial charge in [-0.1, -0.05) is 0 Å². The van der Waals surface area contributed by atoms with Crippen molar-refractivity contribution in [2.24, 2.45) is 0 Å². The Balaban J connectivity index is 0.00000160. The van der Waals surface area contributed by atoms with Crippen LogP contribution in [0.1, 0.15) is 64.4 Å². The van der Waals surface area contributed by atoms with Crippen LogP contribution >= 0.6 is 24.8 Å². The van der Waals surface area contributed by atoms with Crippen molar-refractivity contribution >= 4 is 43.8 Å². The second kappa shape index (κ2) is 10.0. The van der Waals surface area contributed by atoms with Crippen LogP contribution in [0.4, 0.5) is 0 Å². The van der Waals surface area contributed by atoms with Crippen LogP contribution in [0.5, 0.6) is 0 Å². The van der Waals surface area contributed by atoms with Crippen LogP contribution in [0.15, 0.2) is 60.7 Å². The fraction of sp³-hybridized carbons (Fsp3) is 0.385. The summed E-state index contributed by atoms with van der Waals surface area (Å²) in [4.78, 5) is 0. The first-order valence-corrected chi connectivity index (χ1v) is 24.7. The topological polar surface area (TPSA) is 0 Å². The van der Waals surface area contributed by atoms with E-state index >= 15 is 0 Å². The molecule has 0 nitrogen and oxygen atoms in total. The number of benzene rings is 2. The normalized spacial score (nSPS) is 20.1. The molecular weight excluding hydrogens is 503 g/mol. The van der Waals surface area contributed by atoms with E-state index in [9.17, 15) is 0 Å². The third kappa shape index (κ3) is 4.83. The molecule has 0 amide bonds. The van der Waals surface area contributed by atoms with Gasteiger partial charge in [0.2, 0.25) is 0 Å². The molecule has 0 bridgehead atoms. The van der Waals surface area contributed by atoms with Crippen molar-refractivity contribution in [1.29, 1.82) is 0 Å². The average Bonchev–Trinajstić information content (AvgIpc) is 3.29. The molecule has 4 rings (SSSR count). The van der Waals surface area contributed by atoms with Crippen molar-refractivity contribution in [3.8, 4) is 0 Å². The third-order valence-electron chi connectivity index (χ3n) is 7.53. The Kier molecular flexibility index (Phi) is 8.65. The summed E-state index contributed by atoms with van der Waals surface area (Å²) >= 11 is -2.97. The van der Waals surface area contributed by atoms with Crippen LogP contribution in [0.25, 0.3) is 12.2 Å². The van der Waals surface area contributed by atoms with Crippen molar-refractivity contribution in [1.82, 2.24) is 0 Å². The number of hydrogen-bond acceptors (Lipinski definition) is 0. The largest absolute Gasteiger partial charge is 0.147 e. The van der Waals surface area contributed by atoms with Gasteiger partial charge in [0.1, 0.15) is 0 Å². The average molecular weight is 539 g/mol. The third-order valence-corrected chi connectivity index (χ3v) is 27.8. The van der Waals surface area contributed by atoms with E-state index in [1.54, 1.807) is 11.1 Å². The van der Waals surface area contributed by atoms with Gasteiger partial charge in [-0.3, -0.25) is 0 Å². The summed E-state index contributed by atoms with van der Waals surface area (Å²) in [5.41, 5.74) is 6.05. The van der Waals surface area contributed by atoms with Crippen LogP contribution in [0, 0.1) is 0 Å². The van der Waals surface area contributed by atoms with E-state index < -0.39 is 17.4 Å². The Morgan fingerprint density at radius 2 is 1.40 bits per heavy atom.